The van der Waals surface area contributed by atoms with Crippen molar-refractivity contribution in [1.29, 1.82) is 0 Å². The molecular formula is C20H16N2O4. The van der Waals surface area contributed by atoms with E-state index in [1.807, 2.05) is 48.5 Å². The molecule has 4 rings (SSSR count). The Bertz CT molecular complexity index is 912. The lowest BCUT2D eigenvalue weighted by molar-refractivity contribution is -0.152. The molecule has 0 saturated carbocycles. The highest BCUT2D eigenvalue weighted by Gasteiger charge is 2.50. The molecule has 26 heavy (non-hydrogen) atoms. The number of imide groups is 2. The van der Waals surface area contributed by atoms with E-state index in [1.54, 1.807) is 0 Å². The lowest BCUT2D eigenvalue weighted by Gasteiger charge is -2.33. The zero-order chi connectivity index (χ0) is 18.6. The summed E-state index contributed by atoms with van der Waals surface area (Å²) in [7, 11) is 2.56. The molecule has 1 aliphatic heterocycles. The van der Waals surface area contributed by atoms with Crippen LogP contribution in [0.3, 0.4) is 0 Å². The highest BCUT2D eigenvalue weighted by molar-refractivity contribution is 6.28. The van der Waals surface area contributed by atoms with Crippen LogP contribution in [0.2, 0.25) is 0 Å². The number of hydrogen-bond acceptors (Lipinski definition) is 4. The molecule has 0 N–H and O–H groups in total. The van der Waals surface area contributed by atoms with Gasteiger partial charge in [0, 0.05) is 14.1 Å². The van der Waals surface area contributed by atoms with E-state index in [4.69, 9.17) is 0 Å². The maximum atomic E-state index is 13.3. The van der Waals surface area contributed by atoms with Crippen LogP contribution in [0.25, 0.3) is 11.1 Å². The Balaban J connectivity index is 1.83. The van der Waals surface area contributed by atoms with Gasteiger partial charge in [0.25, 0.3) is 11.8 Å². The van der Waals surface area contributed by atoms with Crippen molar-refractivity contribution in [3.63, 3.8) is 0 Å². The first-order valence-corrected chi connectivity index (χ1v) is 8.24. The number of urea groups is 1. The smallest absolute Gasteiger partial charge is 0.297 e. The van der Waals surface area contributed by atoms with Gasteiger partial charge in [0.1, 0.15) is 0 Å². The molecule has 1 aliphatic carbocycles. The Hall–Kier alpha value is -3.28. The Morgan fingerprint density at radius 1 is 0.731 bits per heavy atom. The van der Waals surface area contributed by atoms with E-state index >= 15 is 0 Å². The third-order valence-electron chi connectivity index (χ3n) is 5.13. The first-order chi connectivity index (χ1) is 12.4. The molecule has 1 heterocycles. The predicted octanol–water partition coefficient (Wildman–Crippen LogP) is 2.03. The van der Waals surface area contributed by atoms with Crippen LogP contribution in [-0.4, -0.2) is 47.5 Å². The second kappa shape index (κ2) is 5.62. The van der Waals surface area contributed by atoms with Crippen LogP contribution in [0.4, 0.5) is 4.79 Å². The largest absolute Gasteiger partial charge is 0.332 e. The molecule has 0 aromatic heterocycles. The SMILES string of the molecule is CN1C(=O)C(C(=O)C2c3ccccc3-c3ccccc32)C(=O)N(C)C1=O. The molecule has 0 radical (unpaired) electrons. The normalized spacial score (nSPS) is 17.5. The van der Waals surface area contributed by atoms with Gasteiger partial charge in [0.05, 0.1) is 5.92 Å². The quantitative estimate of drug-likeness (QED) is 0.779. The minimum atomic E-state index is -1.51. The van der Waals surface area contributed by atoms with Gasteiger partial charge in [-0.3, -0.25) is 24.2 Å². The molecule has 130 valence electrons. The second-order valence-electron chi connectivity index (χ2n) is 6.52. The minimum absolute atomic E-state index is 0.497. The van der Waals surface area contributed by atoms with E-state index in [2.05, 4.69) is 0 Å². The summed E-state index contributed by atoms with van der Waals surface area (Å²) in [4.78, 5) is 52.0. The van der Waals surface area contributed by atoms with Crippen LogP contribution in [-0.2, 0) is 14.4 Å². The highest BCUT2D eigenvalue weighted by atomic mass is 16.2. The summed E-state index contributed by atoms with van der Waals surface area (Å²) in [6.45, 7) is 0. The number of fused-ring (bicyclic) bond motifs is 3. The summed E-state index contributed by atoms with van der Waals surface area (Å²) in [5.41, 5.74) is 3.41. The Kier molecular flexibility index (Phi) is 3.50. The fraction of sp³-hybridized carbons (Fsp3) is 0.200. The first-order valence-electron chi connectivity index (χ1n) is 8.24. The van der Waals surface area contributed by atoms with E-state index in [9.17, 15) is 19.2 Å². The van der Waals surface area contributed by atoms with Gasteiger partial charge < -0.3 is 0 Å². The van der Waals surface area contributed by atoms with Crippen molar-refractivity contribution in [3.05, 3.63) is 59.7 Å². The summed E-state index contributed by atoms with van der Waals surface area (Å²) in [5, 5.41) is 0. The Labute approximate surface area is 150 Å². The van der Waals surface area contributed by atoms with Crippen molar-refractivity contribution in [3.8, 4) is 11.1 Å². The van der Waals surface area contributed by atoms with Gasteiger partial charge in [0.15, 0.2) is 11.7 Å². The number of rotatable bonds is 2. The molecule has 2 aromatic rings. The van der Waals surface area contributed by atoms with Gasteiger partial charge in [-0.1, -0.05) is 48.5 Å². The summed E-state index contributed by atoms with van der Waals surface area (Å²) in [6, 6.07) is 14.2. The molecule has 0 bridgehead atoms. The Morgan fingerprint density at radius 3 is 1.62 bits per heavy atom. The molecular weight excluding hydrogens is 332 g/mol. The van der Waals surface area contributed by atoms with E-state index < -0.39 is 35.5 Å². The Morgan fingerprint density at radius 2 is 1.15 bits per heavy atom. The third-order valence-corrected chi connectivity index (χ3v) is 5.13. The van der Waals surface area contributed by atoms with Crippen molar-refractivity contribution in [2.75, 3.05) is 14.1 Å². The molecule has 0 spiro atoms. The number of amides is 4. The number of barbiturate groups is 1. The maximum absolute atomic E-state index is 13.3. The van der Waals surface area contributed by atoms with Gasteiger partial charge in [-0.2, -0.15) is 0 Å². The summed E-state index contributed by atoms with van der Waals surface area (Å²) < 4.78 is 0. The maximum Gasteiger partial charge on any atom is 0.332 e. The fourth-order valence-electron chi connectivity index (χ4n) is 3.78. The molecule has 6 heteroatoms. The van der Waals surface area contributed by atoms with Crippen LogP contribution < -0.4 is 0 Å². The van der Waals surface area contributed by atoms with Gasteiger partial charge in [-0.15, -0.1) is 0 Å². The van der Waals surface area contributed by atoms with Crippen molar-refractivity contribution >= 4 is 23.6 Å². The lowest BCUT2D eigenvalue weighted by Crippen LogP contribution is -2.59. The summed E-state index contributed by atoms with van der Waals surface area (Å²) in [5.74, 6) is -4.25. The molecule has 1 fully saturated rings. The monoisotopic (exact) mass is 348 g/mol. The number of ketones is 1. The number of benzene rings is 2. The van der Waals surface area contributed by atoms with Gasteiger partial charge in [0.2, 0.25) is 0 Å². The molecule has 2 aliphatic rings. The molecule has 0 unspecified atom stereocenters. The first kappa shape index (κ1) is 16.2. The zero-order valence-electron chi connectivity index (χ0n) is 14.3. The third kappa shape index (κ3) is 2.05. The van der Waals surface area contributed by atoms with Crippen molar-refractivity contribution in [1.82, 2.24) is 9.80 Å². The number of carbonyl (C=O) groups is 4. The van der Waals surface area contributed by atoms with E-state index in [0.29, 0.717) is 0 Å². The molecule has 0 atom stereocenters. The van der Waals surface area contributed by atoms with Crippen LogP contribution in [0, 0.1) is 5.92 Å². The van der Waals surface area contributed by atoms with Gasteiger partial charge >= 0.3 is 6.03 Å². The fourth-order valence-corrected chi connectivity index (χ4v) is 3.78. The van der Waals surface area contributed by atoms with Crippen LogP contribution in [0.5, 0.6) is 0 Å². The number of Topliss-reactive ketones (excluding diaryl/α,β-unsaturated/α-hetero) is 1. The van der Waals surface area contributed by atoms with Crippen molar-refractivity contribution in [2.45, 2.75) is 5.92 Å². The second-order valence-corrected chi connectivity index (χ2v) is 6.52. The van der Waals surface area contributed by atoms with Gasteiger partial charge in [-0.25, -0.2) is 4.79 Å². The topological polar surface area (TPSA) is 74.8 Å². The van der Waals surface area contributed by atoms with Crippen molar-refractivity contribution < 1.29 is 19.2 Å². The number of nitrogens with zero attached hydrogens (tertiary/aromatic N) is 2. The average Bonchev–Trinajstić information content (AvgIpc) is 2.99. The van der Waals surface area contributed by atoms with Gasteiger partial charge in [-0.05, 0) is 22.3 Å². The standard InChI is InChI=1S/C20H16N2O4/c1-21-18(24)16(19(25)22(2)20(21)26)17(23)15-13-9-5-3-7-11(13)12-8-4-6-10-14(12)15/h3-10,15-16H,1-2H3. The summed E-state index contributed by atoms with van der Waals surface area (Å²) >= 11 is 0. The van der Waals surface area contributed by atoms with Crippen LogP contribution in [0.1, 0.15) is 17.0 Å². The van der Waals surface area contributed by atoms with E-state index in [0.717, 1.165) is 32.1 Å². The summed E-state index contributed by atoms with van der Waals surface area (Å²) in [6.07, 6.45) is 0. The average molecular weight is 348 g/mol. The van der Waals surface area contributed by atoms with Crippen molar-refractivity contribution in [2.24, 2.45) is 5.92 Å². The van der Waals surface area contributed by atoms with Crippen LogP contribution in [0.15, 0.2) is 48.5 Å². The van der Waals surface area contributed by atoms with E-state index in [-0.39, 0.29) is 0 Å². The lowest BCUT2D eigenvalue weighted by atomic mass is 9.83. The molecule has 2 aromatic carbocycles. The molecule has 4 amide bonds. The minimum Gasteiger partial charge on any atom is -0.297 e. The zero-order valence-corrected chi connectivity index (χ0v) is 14.3. The van der Waals surface area contributed by atoms with Crippen LogP contribution >= 0.6 is 0 Å². The van der Waals surface area contributed by atoms with E-state index in [1.165, 1.54) is 14.1 Å². The number of hydrogen-bond donors (Lipinski definition) is 0. The predicted molar refractivity (Wildman–Crippen MR) is 93.2 cm³/mol. The molecule has 1 saturated heterocycles. The number of carbonyl (C=O) groups excluding carboxylic acids is 4. The highest BCUT2D eigenvalue weighted by Crippen LogP contribution is 2.46. The molecule has 6 nitrogen and oxygen atoms in total.